The van der Waals surface area contributed by atoms with E-state index < -0.39 is 126 Å². The Bertz CT molecular complexity index is 1930. The molecule has 378 valence electrons. The van der Waals surface area contributed by atoms with E-state index in [0.717, 1.165) is 0 Å². The molecule has 0 aromatic heterocycles. The number of aliphatic hydroxyl groups excluding tert-OH is 1. The minimum Gasteiger partial charge on any atom is -0.494 e. The van der Waals surface area contributed by atoms with Crippen LogP contribution >= 0.6 is 0 Å². The number of aliphatic hydroxyl groups is 1. The molecule has 68 heavy (non-hydrogen) atoms. The van der Waals surface area contributed by atoms with Gasteiger partial charge >= 0.3 is 0 Å². The first-order chi connectivity index (χ1) is 32.3. The monoisotopic (exact) mass is 958 g/mol. The van der Waals surface area contributed by atoms with Crippen LogP contribution in [0.2, 0.25) is 0 Å². The number of nitrogens with zero attached hydrogens (tertiary/aromatic N) is 1. The lowest BCUT2D eigenvalue weighted by Gasteiger charge is -2.31. The third-order valence-corrected chi connectivity index (χ3v) is 11.8. The van der Waals surface area contributed by atoms with Crippen molar-refractivity contribution in [3.05, 3.63) is 29.8 Å². The Morgan fingerprint density at radius 1 is 0.809 bits per heavy atom. The van der Waals surface area contributed by atoms with Gasteiger partial charge in [-0.05, 0) is 82.5 Å². The molecule has 2 saturated heterocycles. The molecule has 0 radical (unpaired) electrons. The molecule has 10 amide bonds. The molecular weight excluding hydrogens is 887 g/mol. The van der Waals surface area contributed by atoms with Crippen LogP contribution in [0.1, 0.15) is 104 Å². The summed E-state index contributed by atoms with van der Waals surface area (Å²) in [6, 6.07) is -2.46. The number of hydrogen-bond donors (Lipinski definition) is 11. The molecule has 1 aromatic rings. The molecular formula is C45H71N11O12. The first-order valence-corrected chi connectivity index (χ1v) is 23.4. The van der Waals surface area contributed by atoms with Crippen molar-refractivity contribution in [2.75, 3.05) is 26.2 Å². The van der Waals surface area contributed by atoms with Crippen LogP contribution in [0.15, 0.2) is 24.3 Å². The number of benzene rings is 1. The Balaban J connectivity index is 1.99. The van der Waals surface area contributed by atoms with Crippen molar-refractivity contribution in [3.8, 4) is 5.75 Å². The van der Waals surface area contributed by atoms with E-state index in [1.807, 2.05) is 6.92 Å². The highest BCUT2D eigenvalue weighted by Gasteiger charge is 2.41. The number of rotatable bonds is 18. The number of amides is 10. The summed E-state index contributed by atoms with van der Waals surface area (Å²) in [5.74, 6) is -7.92. The van der Waals surface area contributed by atoms with Crippen molar-refractivity contribution in [2.45, 2.75) is 153 Å². The molecule has 14 N–H and O–H groups in total. The van der Waals surface area contributed by atoms with Gasteiger partial charge in [0.15, 0.2) is 0 Å². The molecule has 23 heteroatoms. The fourth-order valence-electron chi connectivity index (χ4n) is 7.88. The standard InChI is InChI=1S/C45H71N11O12/c1-5-25(3)37-43(65)55-38(26(4)57)44(66)53-32(23-34(47)58)40(62)52-30(45(67)56-21-11-14-33(56)42(64)51-29(13-10-20-46)39(61)49-24-35(48)59)12-8-7-9-15-36(60)50-31(41(63)54-37)22-27-16-18-28(19-17-27)68-6-2/h16-19,25-26,29-33,37-38,57H,5-15,20-24,46H2,1-4H3,(H2,47,58)(H2,48,59)(H,49,61)(H,50,60)(H,51,64)(H,52,62)(H,53,66)(H,54,63)(H,55,65)/t25-,26+,29+,30+,31-,32+,33+,37+,38+/m1/s1. The molecule has 1 aromatic carbocycles. The summed E-state index contributed by atoms with van der Waals surface area (Å²) >= 11 is 0. The zero-order valence-electron chi connectivity index (χ0n) is 39.4. The Morgan fingerprint density at radius 2 is 1.47 bits per heavy atom. The molecule has 2 heterocycles. The molecule has 3 rings (SSSR count). The van der Waals surface area contributed by atoms with Crippen molar-refractivity contribution >= 4 is 59.1 Å². The predicted octanol–water partition coefficient (Wildman–Crippen LogP) is -2.87. The number of ether oxygens (including phenoxy) is 1. The smallest absolute Gasteiger partial charge is 0.245 e. The molecule has 0 saturated carbocycles. The van der Waals surface area contributed by atoms with E-state index in [1.54, 1.807) is 38.1 Å². The van der Waals surface area contributed by atoms with Gasteiger partial charge in [-0.1, -0.05) is 45.2 Å². The highest BCUT2D eigenvalue weighted by Crippen LogP contribution is 2.22. The zero-order valence-corrected chi connectivity index (χ0v) is 39.4. The Labute approximate surface area is 396 Å². The van der Waals surface area contributed by atoms with Crippen LogP contribution in [0.3, 0.4) is 0 Å². The SMILES string of the molecule is CCOc1ccc(C[C@H]2NC(=O)CCCCC[C@@H](C(=O)N3CCC[C@H]3C(=O)N[C@@H](CCCN)C(=O)NCC(N)=O)NC(=O)[C@H](CC(N)=O)NC(=O)[C@H]([C@H](C)O)NC(=O)[C@H]([C@H](C)CC)NC2=O)cc1. The van der Waals surface area contributed by atoms with Crippen molar-refractivity contribution in [3.63, 3.8) is 0 Å². The van der Waals surface area contributed by atoms with Crippen LogP contribution in [-0.4, -0.2) is 144 Å². The second-order valence-corrected chi connectivity index (χ2v) is 17.3. The maximum Gasteiger partial charge on any atom is 0.245 e. The van der Waals surface area contributed by atoms with Crippen LogP contribution in [0.4, 0.5) is 0 Å². The van der Waals surface area contributed by atoms with Crippen molar-refractivity contribution < 1.29 is 57.8 Å². The molecule has 2 fully saturated rings. The quantitative estimate of drug-likeness (QED) is 0.0706. The molecule has 0 bridgehead atoms. The second-order valence-electron chi connectivity index (χ2n) is 17.3. The van der Waals surface area contributed by atoms with E-state index in [9.17, 15) is 53.1 Å². The first-order valence-electron chi connectivity index (χ1n) is 23.4. The van der Waals surface area contributed by atoms with Gasteiger partial charge in [0.05, 0.1) is 25.7 Å². The van der Waals surface area contributed by atoms with Crippen molar-refractivity contribution in [1.29, 1.82) is 0 Å². The maximum absolute atomic E-state index is 14.4. The normalized spacial score (nSPS) is 23.8. The summed E-state index contributed by atoms with van der Waals surface area (Å²) in [5, 5.41) is 28.8. The Morgan fingerprint density at radius 3 is 2.09 bits per heavy atom. The number of carbonyl (C=O) groups is 10. The third-order valence-electron chi connectivity index (χ3n) is 11.8. The molecule has 23 nitrogen and oxygen atoms in total. The third kappa shape index (κ3) is 17.7. The molecule has 2 aliphatic rings. The molecule has 2 aliphatic heterocycles. The minimum atomic E-state index is -1.73. The second kappa shape index (κ2) is 28.1. The summed E-state index contributed by atoms with van der Waals surface area (Å²) in [5.41, 5.74) is 17.0. The van der Waals surface area contributed by atoms with Gasteiger partial charge in [0.1, 0.15) is 48.0 Å². The maximum atomic E-state index is 14.4. The van der Waals surface area contributed by atoms with Gasteiger partial charge in [-0.2, -0.15) is 0 Å². The van der Waals surface area contributed by atoms with Crippen LogP contribution in [0.5, 0.6) is 5.75 Å². The summed E-state index contributed by atoms with van der Waals surface area (Å²) in [6.07, 6.45) is -0.0672. The van der Waals surface area contributed by atoms with E-state index in [-0.39, 0.29) is 58.0 Å². The van der Waals surface area contributed by atoms with Crippen molar-refractivity contribution in [1.82, 2.24) is 42.1 Å². The lowest BCUT2D eigenvalue weighted by atomic mass is 9.96. The van der Waals surface area contributed by atoms with E-state index in [1.165, 1.54) is 11.8 Å². The number of nitrogens with two attached hydrogens (primary N) is 3. The van der Waals surface area contributed by atoms with Crippen LogP contribution in [-0.2, 0) is 54.4 Å². The lowest BCUT2D eigenvalue weighted by Crippen LogP contribution is -2.62. The molecule has 0 unspecified atom stereocenters. The molecule has 0 spiro atoms. The number of primary amides is 2. The fourth-order valence-corrected chi connectivity index (χ4v) is 7.88. The van der Waals surface area contributed by atoms with Crippen molar-refractivity contribution in [2.24, 2.45) is 23.1 Å². The first kappa shape index (κ1) is 56.0. The Kier molecular flexibility index (Phi) is 23.1. The number of likely N-dealkylation sites (tertiary alicyclic amines) is 1. The lowest BCUT2D eigenvalue weighted by molar-refractivity contribution is -0.143. The van der Waals surface area contributed by atoms with Gasteiger partial charge in [-0.25, -0.2) is 0 Å². The summed E-state index contributed by atoms with van der Waals surface area (Å²) in [7, 11) is 0. The van der Waals surface area contributed by atoms with E-state index in [2.05, 4.69) is 37.2 Å². The minimum absolute atomic E-state index is 0.0327. The van der Waals surface area contributed by atoms with Gasteiger partial charge in [-0.3, -0.25) is 47.9 Å². The van der Waals surface area contributed by atoms with Gasteiger partial charge in [0, 0.05) is 19.4 Å². The fraction of sp³-hybridized carbons (Fsp3) is 0.644. The Hall–Kier alpha value is -6.36. The summed E-state index contributed by atoms with van der Waals surface area (Å²) in [6.45, 7) is 6.77. The van der Waals surface area contributed by atoms with Gasteiger partial charge in [-0.15, -0.1) is 0 Å². The van der Waals surface area contributed by atoms with Crippen LogP contribution in [0, 0.1) is 5.92 Å². The summed E-state index contributed by atoms with van der Waals surface area (Å²) < 4.78 is 5.54. The zero-order chi connectivity index (χ0) is 50.5. The van der Waals surface area contributed by atoms with E-state index >= 15 is 0 Å². The number of nitrogens with one attached hydrogen (secondary N) is 7. The molecule has 9 atom stereocenters. The van der Waals surface area contributed by atoms with E-state index in [4.69, 9.17) is 21.9 Å². The van der Waals surface area contributed by atoms with Crippen LogP contribution < -0.4 is 59.2 Å². The van der Waals surface area contributed by atoms with Crippen LogP contribution in [0.25, 0.3) is 0 Å². The van der Waals surface area contributed by atoms with Gasteiger partial charge in [0.2, 0.25) is 59.1 Å². The average Bonchev–Trinajstić information content (AvgIpc) is 3.79. The molecule has 0 aliphatic carbocycles. The largest absolute Gasteiger partial charge is 0.494 e. The topological polar surface area (TPSA) is 366 Å². The highest BCUT2D eigenvalue weighted by atomic mass is 16.5. The summed E-state index contributed by atoms with van der Waals surface area (Å²) in [4.78, 5) is 135. The van der Waals surface area contributed by atoms with Gasteiger partial charge < -0.3 is 69.2 Å². The number of carbonyl (C=O) groups excluding carboxylic acids is 10. The van der Waals surface area contributed by atoms with Gasteiger partial charge in [0.25, 0.3) is 0 Å². The predicted molar refractivity (Wildman–Crippen MR) is 246 cm³/mol. The highest BCUT2D eigenvalue weighted by molar-refractivity contribution is 5.99. The number of hydrogen-bond acceptors (Lipinski definition) is 13. The van der Waals surface area contributed by atoms with E-state index in [0.29, 0.717) is 43.6 Å². The average molecular weight is 958 g/mol.